The van der Waals surface area contributed by atoms with Gasteiger partial charge in [0, 0.05) is 93.9 Å². The first-order chi connectivity index (χ1) is 24.9. The number of hydrogen-bond donors (Lipinski definition) is 1. The van der Waals surface area contributed by atoms with Gasteiger partial charge < -0.3 is 15.1 Å². The van der Waals surface area contributed by atoms with E-state index in [1.165, 1.54) is 16.7 Å². The number of carbonyl (C=O) groups excluding carboxylic acids is 2. The third-order valence-corrected chi connectivity index (χ3v) is 11.3. The van der Waals surface area contributed by atoms with Crippen LogP contribution in [-0.2, 0) is 29.2 Å². The van der Waals surface area contributed by atoms with Crippen molar-refractivity contribution in [3.63, 3.8) is 0 Å². The maximum Gasteiger partial charge on any atom is 0.225 e. The van der Waals surface area contributed by atoms with Crippen LogP contribution in [-0.4, -0.2) is 115 Å². The minimum Gasteiger partial charge on any atom is -0.340 e. The molecule has 274 valence electrons. The lowest BCUT2D eigenvalue weighted by Crippen LogP contribution is -2.51. The minimum absolute atomic E-state index is 0.196. The Balaban J connectivity index is 0.000000183. The number of halogens is 2. The number of rotatable bonds is 8. The monoisotopic (exact) mass is 732 g/mol. The van der Waals surface area contributed by atoms with Gasteiger partial charge in [-0.2, -0.15) is 0 Å². The molecule has 10 heteroatoms. The molecule has 4 heterocycles. The van der Waals surface area contributed by atoms with Crippen molar-refractivity contribution < 1.29 is 9.59 Å². The molecule has 1 N–H and O–H groups in total. The quantitative estimate of drug-likeness (QED) is 0.312. The van der Waals surface area contributed by atoms with Gasteiger partial charge in [-0.05, 0) is 92.8 Å². The second-order valence-corrected chi connectivity index (χ2v) is 15.4. The van der Waals surface area contributed by atoms with Crippen molar-refractivity contribution in [1.29, 1.82) is 0 Å². The maximum atomic E-state index is 13.0. The van der Waals surface area contributed by atoms with E-state index in [-0.39, 0.29) is 11.8 Å². The van der Waals surface area contributed by atoms with Crippen molar-refractivity contribution in [2.75, 3.05) is 78.5 Å². The first-order valence-corrected chi connectivity index (χ1v) is 19.6. The van der Waals surface area contributed by atoms with E-state index >= 15 is 0 Å². The molecule has 8 nitrogen and oxygen atoms in total. The Labute approximate surface area is 314 Å². The fourth-order valence-corrected chi connectivity index (χ4v) is 8.23. The van der Waals surface area contributed by atoms with Crippen LogP contribution in [0.2, 0.25) is 10.0 Å². The summed E-state index contributed by atoms with van der Waals surface area (Å²) in [4.78, 5) is 37.0. The molecule has 0 spiro atoms. The van der Waals surface area contributed by atoms with Gasteiger partial charge in [-0.25, -0.2) is 0 Å². The molecule has 51 heavy (non-hydrogen) atoms. The van der Waals surface area contributed by atoms with Crippen molar-refractivity contribution in [3.05, 3.63) is 106 Å². The van der Waals surface area contributed by atoms with E-state index in [1.807, 2.05) is 36.4 Å². The Morgan fingerprint density at radius 3 is 1.39 bits per heavy atom. The Morgan fingerprint density at radius 2 is 0.922 bits per heavy atom. The van der Waals surface area contributed by atoms with Gasteiger partial charge in [0.2, 0.25) is 11.8 Å². The van der Waals surface area contributed by atoms with Gasteiger partial charge in [0.05, 0.1) is 0 Å². The lowest BCUT2D eigenvalue weighted by molar-refractivity contribution is -0.139. The summed E-state index contributed by atoms with van der Waals surface area (Å²) in [6.45, 7) is 13.9. The number of hydrogen-bond acceptors (Lipinski definition) is 6. The van der Waals surface area contributed by atoms with Gasteiger partial charge in [-0.3, -0.25) is 24.3 Å². The number of nitrogens with one attached hydrogen (secondary N) is 1. The van der Waals surface area contributed by atoms with Crippen molar-refractivity contribution in [2.45, 2.75) is 45.3 Å². The van der Waals surface area contributed by atoms with Crippen molar-refractivity contribution >= 4 is 35.0 Å². The summed E-state index contributed by atoms with van der Waals surface area (Å²) < 4.78 is 0. The topological polar surface area (TPSA) is 62.4 Å². The first-order valence-electron chi connectivity index (χ1n) is 18.9. The number of likely N-dealkylation sites (tertiary alicyclic amines) is 1. The van der Waals surface area contributed by atoms with Gasteiger partial charge in [0.25, 0.3) is 0 Å². The van der Waals surface area contributed by atoms with Crippen LogP contribution in [0.15, 0.2) is 78.9 Å². The van der Waals surface area contributed by atoms with Crippen LogP contribution in [0.25, 0.3) is 0 Å². The van der Waals surface area contributed by atoms with E-state index < -0.39 is 0 Å². The summed E-state index contributed by atoms with van der Waals surface area (Å²) in [5, 5.41) is 4.90. The molecule has 3 aromatic rings. The van der Waals surface area contributed by atoms with Gasteiger partial charge >= 0.3 is 0 Å². The molecule has 4 fully saturated rings. The molecule has 0 unspecified atom stereocenters. The van der Waals surface area contributed by atoms with Crippen molar-refractivity contribution in [2.24, 2.45) is 11.8 Å². The summed E-state index contributed by atoms with van der Waals surface area (Å²) in [6, 6.07) is 26.7. The number of piperazine rings is 2. The highest BCUT2D eigenvalue weighted by Gasteiger charge is 2.31. The smallest absolute Gasteiger partial charge is 0.225 e. The molecular weight excluding hydrogens is 679 g/mol. The molecule has 7 rings (SSSR count). The van der Waals surface area contributed by atoms with Crippen LogP contribution in [0.3, 0.4) is 0 Å². The summed E-state index contributed by atoms with van der Waals surface area (Å²) >= 11 is 12.1. The molecule has 4 aliphatic rings. The summed E-state index contributed by atoms with van der Waals surface area (Å²) in [7, 11) is 0. The number of carbonyl (C=O) groups is 2. The normalized spacial score (nSPS) is 20.1. The Morgan fingerprint density at radius 1 is 0.510 bits per heavy atom. The van der Waals surface area contributed by atoms with Gasteiger partial charge in [-0.1, -0.05) is 77.8 Å². The van der Waals surface area contributed by atoms with Crippen LogP contribution >= 0.6 is 23.2 Å². The third kappa shape index (κ3) is 11.5. The number of nitrogens with zero attached hydrogens (tertiary/aromatic N) is 5. The fraction of sp³-hybridized carbons (Fsp3) is 0.512. The summed E-state index contributed by atoms with van der Waals surface area (Å²) in [5.74, 6) is 1.16. The Kier molecular flexibility index (Phi) is 14.2. The van der Waals surface area contributed by atoms with E-state index in [9.17, 15) is 9.59 Å². The van der Waals surface area contributed by atoms with E-state index in [0.717, 1.165) is 134 Å². The predicted molar refractivity (Wildman–Crippen MR) is 207 cm³/mol. The zero-order valence-electron chi connectivity index (χ0n) is 29.9. The SMILES string of the molecule is O=C(C1CCN(Cc2ccccc2)CC1)N1CCN(Cc2cccc(Cl)c2)CC1.O=C(C1CCNCC1)N1CCN(Cc2cccc(Cl)c2)CC1. The average Bonchev–Trinajstić information content (AvgIpc) is 3.16. The molecule has 4 aliphatic heterocycles. The number of piperidine rings is 2. The zero-order valence-corrected chi connectivity index (χ0v) is 31.4. The van der Waals surface area contributed by atoms with Gasteiger partial charge in [-0.15, -0.1) is 0 Å². The van der Waals surface area contributed by atoms with Crippen LogP contribution in [0.5, 0.6) is 0 Å². The highest BCUT2D eigenvalue weighted by Crippen LogP contribution is 2.23. The van der Waals surface area contributed by atoms with Crippen LogP contribution < -0.4 is 5.32 Å². The summed E-state index contributed by atoms with van der Waals surface area (Å²) in [6.07, 6.45) is 3.94. The second-order valence-electron chi connectivity index (χ2n) is 14.5. The van der Waals surface area contributed by atoms with Crippen molar-refractivity contribution in [3.8, 4) is 0 Å². The third-order valence-electron chi connectivity index (χ3n) is 10.8. The summed E-state index contributed by atoms with van der Waals surface area (Å²) in [5.41, 5.74) is 3.83. The molecular formula is C41H54Cl2N6O2. The minimum atomic E-state index is 0.196. The van der Waals surface area contributed by atoms with E-state index in [2.05, 4.69) is 72.3 Å². The van der Waals surface area contributed by atoms with E-state index in [4.69, 9.17) is 23.2 Å². The van der Waals surface area contributed by atoms with Crippen LogP contribution in [0.1, 0.15) is 42.4 Å². The largest absolute Gasteiger partial charge is 0.340 e. The second kappa shape index (κ2) is 19.2. The Hall–Kier alpha value is -2.98. The standard InChI is InChI=1S/C24H30ClN3O.C17H24ClN3O/c25-23-8-4-7-21(17-23)19-27-13-15-28(16-14-27)24(29)22-9-11-26(12-10-22)18-20-5-2-1-3-6-20;18-16-3-1-2-14(12-16)13-20-8-10-21(11-9-20)17(22)15-4-6-19-7-5-15/h1-8,17,22H,9-16,18-19H2;1-3,12,15,19H,4-11,13H2. The first kappa shape index (κ1) is 37.8. The number of amides is 2. The Bertz CT molecular complexity index is 1530. The zero-order chi connectivity index (χ0) is 35.4. The van der Waals surface area contributed by atoms with Gasteiger partial charge in [0.15, 0.2) is 0 Å². The molecule has 0 radical (unpaired) electrons. The molecule has 0 saturated carbocycles. The fourth-order valence-electron chi connectivity index (χ4n) is 7.80. The maximum absolute atomic E-state index is 13.0. The highest BCUT2D eigenvalue weighted by molar-refractivity contribution is 6.30. The van der Waals surface area contributed by atoms with E-state index in [0.29, 0.717) is 11.8 Å². The number of benzene rings is 3. The molecule has 0 bridgehead atoms. The lowest BCUT2D eigenvalue weighted by Gasteiger charge is -2.38. The molecule has 4 saturated heterocycles. The lowest BCUT2D eigenvalue weighted by atomic mass is 9.94. The van der Waals surface area contributed by atoms with E-state index in [1.54, 1.807) is 0 Å². The molecule has 0 atom stereocenters. The highest BCUT2D eigenvalue weighted by atomic mass is 35.5. The molecule has 2 amide bonds. The van der Waals surface area contributed by atoms with Crippen LogP contribution in [0, 0.1) is 11.8 Å². The van der Waals surface area contributed by atoms with Gasteiger partial charge in [0.1, 0.15) is 0 Å². The average molecular weight is 734 g/mol. The van der Waals surface area contributed by atoms with Crippen LogP contribution in [0.4, 0.5) is 0 Å². The molecule has 0 aromatic heterocycles. The molecule has 3 aromatic carbocycles. The predicted octanol–water partition coefficient (Wildman–Crippen LogP) is 5.88. The van der Waals surface area contributed by atoms with Crippen molar-refractivity contribution in [1.82, 2.24) is 29.8 Å². The molecule has 0 aliphatic carbocycles.